The van der Waals surface area contributed by atoms with Crippen molar-refractivity contribution in [3.63, 3.8) is 0 Å². The number of rotatable bonds is 4. The molecule has 0 aromatic heterocycles. The molecule has 4 heteroatoms. The van der Waals surface area contributed by atoms with Crippen LogP contribution in [0.2, 0.25) is 0 Å². The Morgan fingerprint density at radius 1 is 1.36 bits per heavy atom. The summed E-state index contributed by atoms with van der Waals surface area (Å²) in [6.45, 7) is 0. The Labute approximate surface area is 111 Å². The average molecular weight is 318 g/mol. The van der Waals surface area contributed by atoms with Crippen molar-refractivity contribution in [1.29, 1.82) is 0 Å². The summed E-state index contributed by atoms with van der Waals surface area (Å²) in [6.07, 6.45) is 1.20. The van der Waals surface area contributed by atoms with Gasteiger partial charge < -0.3 is 10.8 Å². The molecule has 1 aromatic carbocycles. The van der Waals surface area contributed by atoms with Gasteiger partial charge in [-0.25, -0.2) is 0 Å². The monoisotopic (exact) mass is 318 g/mol. The van der Waals surface area contributed by atoms with Crippen LogP contribution in [0.1, 0.15) is 12.0 Å². The summed E-state index contributed by atoms with van der Waals surface area (Å²) in [5.41, 5.74) is 6.49. The van der Waals surface area contributed by atoms with Crippen molar-refractivity contribution in [2.75, 3.05) is 0 Å². The second kappa shape index (κ2) is 7.18. The Hall–Kier alpha value is -0.155. The third-order valence-corrected chi connectivity index (χ3v) is 1.90. The van der Waals surface area contributed by atoms with Crippen LogP contribution >= 0.6 is 0 Å². The summed E-state index contributed by atoms with van der Waals surface area (Å²) in [7, 11) is 0. The number of carboxylic acid groups (broad SMARTS) is 1. The number of hydrogen-bond donors (Lipinski definition) is 2. The maximum Gasteiger partial charge on any atom is 0.320 e. The van der Waals surface area contributed by atoms with E-state index in [2.05, 4.69) is 0 Å². The first kappa shape index (κ1) is 13.8. The van der Waals surface area contributed by atoms with Crippen LogP contribution in [0.3, 0.4) is 0 Å². The van der Waals surface area contributed by atoms with Gasteiger partial charge in [-0.2, -0.15) is 0 Å². The number of benzene rings is 1. The maximum atomic E-state index is 10.4. The third kappa shape index (κ3) is 4.91. The van der Waals surface area contributed by atoms with Crippen LogP contribution in [-0.4, -0.2) is 17.1 Å². The number of nitrogens with two attached hydrogens (primary N) is 1. The molecule has 0 bridgehead atoms. The SMILES string of the molecule is N[C@@H](CCc1ccccc1)C(=O)O.[La]. The minimum atomic E-state index is -0.934. The number of carbonyl (C=O) groups is 1. The average Bonchev–Trinajstić information content (AvgIpc) is 2.15. The zero-order valence-corrected chi connectivity index (χ0v) is 11.5. The third-order valence-electron chi connectivity index (χ3n) is 1.90. The van der Waals surface area contributed by atoms with Crippen molar-refractivity contribution in [2.45, 2.75) is 18.9 Å². The van der Waals surface area contributed by atoms with Gasteiger partial charge in [0.2, 0.25) is 0 Å². The van der Waals surface area contributed by atoms with Crippen LogP contribution in [0.4, 0.5) is 0 Å². The summed E-state index contributed by atoms with van der Waals surface area (Å²) in [5.74, 6) is -0.934. The summed E-state index contributed by atoms with van der Waals surface area (Å²) in [6, 6.07) is 8.98. The first-order chi connectivity index (χ1) is 6.20. The van der Waals surface area contributed by atoms with Gasteiger partial charge in [-0.3, -0.25) is 4.79 Å². The summed E-state index contributed by atoms with van der Waals surface area (Å²) < 4.78 is 0. The van der Waals surface area contributed by atoms with Gasteiger partial charge in [0.05, 0.1) is 0 Å². The molecule has 3 N–H and O–H groups in total. The first-order valence-corrected chi connectivity index (χ1v) is 4.22. The predicted molar refractivity (Wildman–Crippen MR) is 50.4 cm³/mol. The fourth-order valence-corrected chi connectivity index (χ4v) is 1.09. The van der Waals surface area contributed by atoms with Gasteiger partial charge in [-0.05, 0) is 18.4 Å². The van der Waals surface area contributed by atoms with E-state index in [1.165, 1.54) is 0 Å². The molecule has 14 heavy (non-hydrogen) atoms. The number of aliphatic carboxylic acids is 1. The van der Waals surface area contributed by atoms with Crippen molar-refractivity contribution in [2.24, 2.45) is 5.73 Å². The molecule has 1 radical (unpaired) electrons. The first-order valence-electron chi connectivity index (χ1n) is 4.22. The van der Waals surface area contributed by atoms with Crippen LogP contribution in [-0.2, 0) is 11.2 Å². The van der Waals surface area contributed by atoms with Gasteiger partial charge in [0.15, 0.2) is 0 Å². The molecule has 1 aromatic rings. The van der Waals surface area contributed by atoms with Crippen molar-refractivity contribution in [1.82, 2.24) is 0 Å². The minimum absolute atomic E-state index is 0. The molecule has 0 saturated heterocycles. The van der Waals surface area contributed by atoms with Gasteiger partial charge >= 0.3 is 5.97 Å². The van der Waals surface area contributed by atoms with E-state index in [0.29, 0.717) is 12.8 Å². The molecular weight excluding hydrogens is 305 g/mol. The molecule has 0 aliphatic heterocycles. The largest absolute Gasteiger partial charge is 0.480 e. The Morgan fingerprint density at radius 2 is 1.93 bits per heavy atom. The fraction of sp³-hybridized carbons (Fsp3) is 0.300. The summed E-state index contributed by atoms with van der Waals surface area (Å²) in [4.78, 5) is 10.4. The van der Waals surface area contributed by atoms with E-state index < -0.39 is 12.0 Å². The molecule has 1 atom stereocenters. The zero-order chi connectivity index (χ0) is 9.68. The molecule has 3 nitrogen and oxygen atoms in total. The minimum Gasteiger partial charge on any atom is -0.480 e. The second-order valence-electron chi connectivity index (χ2n) is 2.97. The Morgan fingerprint density at radius 3 is 2.43 bits per heavy atom. The quantitative estimate of drug-likeness (QED) is 0.872. The molecule has 0 spiro atoms. The molecule has 1 rings (SSSR count). The molecule has 73 valence electrons. The van der Waals surface area contributed by atoms with Crippen LogP contribution in [0.25, 0.3) is 0 Å². The van der Waals surface area contributed by atoms with Crippen LogP contribution in [0.15, 0.2) is 30.3 Å². The molecule has 0 heterocycles. The molecule has 0 unspecified atom stereocenters. The van der Waals surface area contributed by atoms with E-state index in [0.717, 1.165) is 5.56 Å². The van der Waals surface area contributed by atoms with Crippen LogP contribution in [0, 0.1) is 35.6 Å². The van der Waals surface area contributed by atoms with E-state index in [1.807, 2.05) is 30.3 Å². The number of carboxylic acids is 1. The van der Waals surface area contributed by atoms with Crippen molar-refractivity contribution in [3.8, 4) is 0 Å². The van der Waals surface area contributed by atoms with E-state index >= 15 is 0 Å². The van der Waals surface area contributed by atoms with E-state index in [4.69, 9.17) is 10.8 Å². The van der Waals surface area contributed by atoms with Crippen molar-refractivity contribution < 1.29 is 45.5 Å². The number of aryl methyl sites for hydroxylation is 1. The second-order valence-corrected chi connectivity index (χ2v) is 2.97. The van der Waals surface area contributed by atoms with E-state index in [-0.39, 0.29) is 35.6 Å². The van der Waals surface area contributed by atoms with E-state index in [1.54, 1.807) is 0 Å². The Kier molecular flexibility index (Phi) is 7.10. The van der Waals surface area contributed by atoms with E-state index in [9.17, 15) is 4.79 Å². The Balaban J connectivity index is 0.00000169. The molecular formula is C10H13LaNO2. The molecule has 0 aliphatic carbocycles. The van der Waals surface area contributed by atoms with Gasteiger partial charge in [-0.1, -0.05) is 30.3 Å². The van der Waals surface area contributed by atoms with Gasteiger partial charge in [-0.15, -0.1) is 0 Å². The van der Waals surface area contributed by atoms with Gasteiger partial charge in [0.1, 0.15) is 6.04 Å². The topological polar surface area (TPSA) is 63.3 Å². The number of hydrogen-bond acceptors (Lipinski definition) is 2. The summed E-state index contributed by atoms with van der Waals surface area (Å²) in [5, 5.41) is 8.54. The van der Waals surface area contributed by atoms with Crippen molar-refractivity contribution >= 4 is 5.97 Å². The molecule has 0 aliphatic rings. The van der Waals surface area contributed by atoms with Crippen LogP contribution in [0.5, 0.6) is 0 Å². The smallest absolute Gasteiger partial charge is 0.320 e. The molecule has 0 saturated carbocycles. The van der Waals surface area contributed by atoms with Gasteiger partial charge in [0, 0.05) is 35.6 Å². The predicted octanol–water partition coefficient (Wildman–Crippen LogP) is 1.03. The molecule has 0 amide bonds. The Bertz CT molecular complexity index is 277. The van der Waals surface area contributed by atoms with Gasteiger partial charge in [0.25, 0.3) is 0 Å². The zero-order valence-electron chi connectivity index (χ0n) is 7.89. The van der Waals surface area contributed by atoms with Crippen LogP contribution < -0.4 is 5.73 Å². The maximum absolute atomic E-state index is 10.4. The fourth-order valence-electron chi connectivity index (χ4n) is 1.09. The summed E-state index contributed by atoms with van der Waals surface area (Å²) >= 11 is 0. The normalized spacial score (nSPS) is 11.5. The van der Waals surface area contributed by atoms with Crippen molar-refractivity contribution in [3.05, 3.63) is 35.9 Å². The standard InChI is InChI=1S/C10H13NO2.La/c11-9(10(12)13)7-6-8-4-2-1-3-5-8;/h1-5,9H,6-7,11H2,(H,12,13);/t9-;/m0./s1. The molecule has 0 fully saturated rings.